The van der Waals surface area contributed by atoms with Gasteiger partial charge >= 0.3 is 23.1 Å². The number of hydroxylamine groups is 2. The molecule has 0 radical (unpaired) electrons. The number of anilines is 5. The average Bonchev–Trinajstić information content (AvgIpc) is 1.62. The van der Waals surface area contributed by atoms with E-state index in [0.29, 0.717) is 28.9 Å². The normalized spacial score (nSPS) is 9.92. The fourth-order valence-electron chi connectivity index (χ4n) is 9.12. The van der Waals surface area contributed by atoms with Gasteiger partial charge in [0.25, 0.3) is 34.8 Å². The maximum Gasteiger partial charge on any atom is 2.00 e. The molecule has 0 saturated heterocycles. The van der Waals surface area contributed by atoms with Crippen LogP contribution < -0.4 is 44.0 Å². The van der Waals surface area contributed by atoms with E-state index in [-0.39, 0.29) is 86.2 Å². The Kier molecular flexibility index (Phi) is 39.7. The molecule has 6 N–H and O–H groups in total. The van der Waals surface area contributed by atoms with E-state index in [4.69, 9.17) is 22.2 Å². The monoisotopic (exact) mass is 1740 g/mol. The smallest absolute Gasteiger partial charge is 1.00 e. The zero-order chi connectivity index (χ0) is 85.5. The summed E-state index contributed by atoms with van der Waals surface area (Å²) in [5.41, 5.74) is 5.83. The molecule has 0 bridgehead atoms. The number of thiazole rings is 1. The predicted molar refractivity (Wildman–Crippen MR) is 419 cm³/mol. The fraction of sp³-hybridized carbons (Fsp3) is 0.0988. The molecule has 0 aliphatic heterocycles. The van der Waals surface area contributed by atoms with Crippen molar-refractivity contribution in [3.63, 3.8) is 0 Å². The molecule has 0 unspecified atom stereocenters. The Labute approximate surface area is 702 Å². The minimum absolute atomic E-state index is 0. The van der Waals surface area contributed by atoms with Gasteiger partial charge < -0.3 is 50.9 Å². The molecule has 0 atom stereocenters. The van der Waals surface area contributed by atoms with Crippen LogP contribution in [0.1, 0.15) is 132 Å². The largest absolute Gasteiger partial charge is 2.00 e. The van der Waals surface area contributed by atoms with E-state index < -0.39 is 121 Å². The second kappa shape index (κ2) is 47.9. The van der Waals surface area contributed by atoms with Crippen molar-refractivity contribution in [2.45, 2.75) is 41.0 Å². The standard InChI is InChI=1S/C21H14F2N4OS.C15H13F2N3O3.C15H12F2N2O2.C14H10F2N2O2.C7H3ClF2O.C7H8N2O.C2H5.BrH.Mg/c1-12-19(27-21(29-12)16-7-2-3-10-24-16)13-8-9-17(25-11-13)26-20(28)18-14(22)5-4-6-15(18)23;1-20(23-2)15(22)9-6-7-12(18-8-9)19-14(21)13-10(16)4-3-5-11(13)17;1-2-12(20)9-6-7-13(18-8-9)19-15(21)14-10(16)4-3-5-11(14)17;1-8(19)9-5-6-12(17-7-9)18-14(20)13-10(15)3-2-4-11(13)16;8-7(11)6-4(9)2-1-3-5(6)10;1-5(10)6-2-3-7(8)9-4-6;1-2;;/h2-11H,1H3,(H,25,26,28);3-8H,1-2H3,(H,18,19,21);3-8H,2H2,1H3,(H,18,19,21);2-7H,1H3,(H,17,18,20);1-3H;2-4H,1H3,(H2,8,9);1H2,2H3;1H;/q;;;;;;-1;;+2/p-1. The van der Waals surface area contributed by atoms with Gasteiger partial charge in [-0.25, -0.2) is 78.9 Å². The molecule has 0 saturated carbocycles. The van der Waals surface area contributed by atoms with E-state index in [2.05, 4.69) is 63.1 Å². The topological polar surface area (TPSA) is 330 Å². The minimum Gasteiger partial charge on any atom is -1.00 e. The van der Waals surface area contributed by atoms with E-state index in [0.717, 1.165) is 105 Å². The molecule has 23 nitrogen and oxygen atoms in total. The molecular formula is C81H65BrClF10MgN13O10S. The predicted octanol–water partition coefficient (Wildman–Crippen LogP) is 14.0. The third-order valence-electron chi connectivity index (χ3n) is 14.9. The van der Waals surface area contributed by atoms with Crippen LogP contribution in [0.3, 0.4) is 0 Å². The number of ketones is 3. The Bertz CT molecular complexity index is 5390. The van der Waals surface area contributed by atoms with E-state index in [1.54, 1.807) is 50.5 Å². The molecule has 37 heteroatoms. The summed E-state index contributed by atoms with van der Waals surface area (Å²) in [6, 6.07) is 36.5. The molecule has 5 amide bonds. The van der Waals surface area contributed by atoms with Crippen molar-refractivity contribution in [3.05, 3.63) is 327 Å². The summed E-state index contributed by atoms with van der Waals surface area (Å²) in [4.78, 5) is 137. The van der Waals surface area contributed by atoms with E-state index in [1.165, 1.54) is 119 Å². The zero-order valence-corrected chi connectivity index (χ0v) is 67.5. The van der Waals surface area contributed by atoms with Gasteiger partial charge in [0.05, 0.1) is 24.1 Å². The third-order valence-corrected chi connectivity index (χ3v) is 16.1. The Balaban J connectivity index is 0.000000304. The van der Waals surface area contributed by atoms with Crippen LogP contribution in [0.15, 0.2) is 207 Å². The van der Waals surface area contributed by atoms with Gasteiger partial charge in [-0.1, -0.05) is 43.3 Å². The average molecular weight is 1740 g/mol. The van der Waals surface area contributed by atoms with E-state index in [1.807, 2.05) is 25.1 Å². The second-order valence-electron chi connectivity index (χ2n) is 22.8. The molecule has 0 aliphatic carbocycles. The number of pyridine rings is 6. The Morgan fingerprint density at radius 1 is 0.449 bits per heavy atom. The number of nitrogen functional groups attached to an aromatic ring is 1. The van der Waals surface area contributed by atoms with E-state index in [9.17, 15) is 87.1 Å². The van der Waals surface area contributed by atoms with Crippen LogP contribution in [0.4, 0.5) is 73.0 Å². The molecule has 12 rings (SSSR count). The van der Waals surface area contributed by atoms with Gasteiger partial charge in [0.1, 0.15) is 120 Å². The second-order valence-corrected chi connectivity index (χ2v) is 24.3. The summed E-state index contributed by atoms with van der Waals surface area (Å²) in [6.07, 6.45) is 8.87. The molecular weight excluding hydrogens is 1680 g/mol. The number of Topliss-reactive ketones (excluding diaryl/α,β-unsaturated/α-hetero) is 3. The number of aryl methyl sites for hydroxylation is 1. The number of aromatic nitrogens is 7. The summed E-state index contributed by atoms with van der Waals surface area (Å²) in [7, 11) is 2.77. The number of nitrogens with zero attached hydrogens (tertiary/aromatic N) is 8. The number of halogens is 12. The fourth-order valence-corrected chi connectivity index (χ4v) is 10.2. The Morgan fingerprint density at radius 3 is 1.06 bits per heavy atom. The van der Waals surface area contributed by atoms with Crippen molar-refractivity contribution in [2.75, 3.05) is 41.2 Å². The summed E-state index contributed by atoms with van der Waals surface area (Å²) in [5, 5.41) is 9.89. The summed E-state index contributed by atoms with van der Waals surface area (Å²) >= 11 is 6.42. The van der Waals surface area contributed by atoms with Crippen LogP contribution in [0.2, 0.25) is 0 Å². The van der Waals surface area contributed by atoms with Gasteiger partial charge in [0.15, 0.2) is 17.3 Å². The molecule has 0 aliphatic rings. The molecule has 606 valence electrons. The van der Waals surface area contributed by atoms with Crippen molar-refractivity contribution < 1.29 is 109 Å². The molecule has 7 aromatic heterocycles. The van der Waals surface area contributed by atoms with Crippen LogP contribution in [0.25, 0.3) is 22.0 Å². The molecule has 0 fully saturated rings. The summed E-state index contributed by atoms with van der Waals surface area (Å²) < 4.78 is 133. The first-order chi connectivity index (χ1) is 55.3. The van der Waals surface area contributed by atoms with Crippen LogP contribution in [0.5, 0.6) is 0 Å². The number of hydrogen-bond donors (Lipinski definition) is 5. The van der Waals surface area contributed by atoms with Crippen LogP contribution in [0, 0.1) is 72.0 Å². The molecule has 12 aromatic rings. The molecule has 5 aromatic carbocycles. The first-order valence-corrected chi connectivity index (χ1v) is 34.7. The van der Waals surface area contributed by atoms with Crippen molar-refractivity contribution >= 4 is 127 Å². The quantitative estimate of drug-likeness (QED) is 0.0141. The van der Waals surface area contributed by atoms with Gasteiger partial charge in [-0.15, -0.1) is 11.3 Å². The third kappa shape index (κ3) is 28.3. The molecule has 7 heterocycles. The number of nitrogens with one attached hydrogen (secondary N) is 4. The number of nitrogens with two attached hydrogens (primary N) is 1. The van der Waals surface area contributed by atoms with Gasteiger partial charge in [0.2, 0.25) is 0 Å². The van der Waals surface area contributed by atoms with Crippen LogP contribution >= 0.6 is 22.9 Å². The van der Waals surface area contributed by atoms with Gasteiger partial charge in [-0.05, 0) is 166 Å². The first-order valence-electron chi connectivity index (χ1n) is 33.5. The maximum absolute atomic E-state index is 13.7. The molecule has 0 spiro atoms. The van der Waals surface area contributed by atoms with Crippen molar-refractivity contribution in [1.82, 2.24) is 40.0 Å². The van der Waals surface area contributed by atoms with Crippen molar-refractivity contribution in [2.24, 2.45) is 0 Å². The first kappa shape index (κ1) is 97.6. The van der Waals surface area contributed by atoms with Crippen molar-refractivity contribution in [3.8, 4) is 22.0 Å². The van der Waals surface area contributed by atoms with Gasteiger partial charge in [0, 0.05) is 77.8 Å². The zero-order valence-electron chi connectivity index (χ0n) is 62.9. The Hall–Kier alpha value is -12.7. The van der Waals surface area contributed by atoms with Crippen molar-refractivity contribution in [1.29, 1.82) is 0 Å². The number of rotatable bonds is 17. The number of benzene rings is 5. The minimum atomic E-state index is -1.12. The Morgan fingerprint density at radius 2 is 0.780 bits per heavy atom. The molecule has 118 heavy (non-hydrogen) atoms. The number of amides is 5. The van der Waals surface area contributed by atoms with Gasteiger partial charge in [-0.2, -0.15) is 6.92 Å². The summed E-state index contributed by atoms with van der Waals surface area (Å²) in [6.45, 7) is 11.5. The van der Waals surface area contributed by atoms with Crippen LogP contribution in [-0.2, 0) is 4.84 Å². The van der Waals surface area contributed by atoms with Gasteiger partial charge in [-0.3, -0.25) is 53.0 Å². The van der Waals surface area contributed by atoms with Crippen LogP contribution in [-0.4, -0.2) is 129 Å². The maximum atomic E-state index is 13.7. The number of hydrogen-bond acceptors (Lipinski definition) is 19. The number of carbonyl (C=O) groups excluding carboxylic acids is 9. The van der Waals surface area contributed by atoms with E-state index >= 15 is 0 Å². The SMILES string of the molecule is CC(=O)c1ccc(N)nc1.CC(=O)c1ccc(NC(=O)c2c(F)cccc2F)nc1.CCC(=O)c1ccc(NC(=O)c2c(F)cccc2F)nc1.CON(C)C(=O)c1ccc(NC(=O)c2c(F)cccc2F)nc1.Cc1sc(-c2ccccn2)nc1-c1ccc(NC(=O)c2c(F)cccc2F)nc1.O=C(Cl)c1c(F)cccc1F.[Br-].[CH2-]C.[Mg+2]. The summed E-state index contributed by atoms with van der Waals surface area (Å²) in [5.74, 6) is -13.1. The number of carbonyl (C=O) groups is 9.